The summed E-state index contributed by atoms with van der Waals surface area (Å²) in [7, 11) is 0. The molecule has 0 aliphatic rings. The molecule has 0 radical (unpaired) electrons. The van der Waals surface area contributed by atoms with Crippen LogP contribution in [0, 0.1) is 0 Å². The summed E-state index contributed by atoms with van der Waals surface area (Å²) in [5.74, 6) is 0. The molecule has 0 rings (SSSR count). The van der Waals surface area contributed by atoms with Gasteiger partial charge in [0.25, 0.3) is 0 Å². The van der Waals surface area contributed by atoms with E-state index in [9.17, 15) is 0 Å². The van der Waals surface area contributed by atoms with Crippen molar-refractivity contribution in [2.75, 3.05) is 0 Å². The van der Waals surface area contributed by atoms with Gasteiger partial charge >= 0.3 is 0 Å². The first-order chi connectivity index (χ1) is 9.91. The molecule has 0 saturated carbocycles. The molecule has 0 N–H and O–H groups in total. The molecule has 0 saturated heterocycles. The van der Waals surface area contributed by atoms with Crippen LogP contribution in [0.15, 0.2) is 48.6 Å². The van der Waals surface area contributed by atoms with E-state index in [0.29, 0.717) is 0 Å². The molecule has 0 fully saturated rings. The molecule has 0 bridgehead atoms. The van der Waals surface area contributed by atoms with Crippen LogP contribution in [0.5, 0.6) is 0 Å². The Balaban J connectivity index is 3.36. The quantitative estimate of drug-likeness (QED) is 0.247. The van der Waals surface area contributed by atoms with Crippen molar-refractivity contribution >= 4 is 0 Å². The van der Waals surface area contributed by atoms with Gasteiger partial charge in [-0.15, -0.1) is 0 Å². The molecule has 0 nitrogen and oxygen atoms in total. The largest absolute Gasteiger partial charge is 0.0882 e. The van der Waals surface area contributed by atoms with Crippen LogP contribution in [0.1, 0.15) is 78.1 Å². The molecule has 0 aromatic heterocycles. The molecule has 0 heteroatoms. The highest BCUT2D eigenvalue weighted by Gasteiger charge is 1.80. The molecule has 0 unspecified atom stereocenters. The number of unbranched alkanes of at least 4 members (excludes halogenated alkanes) is 5. The van der Waals surface area contributed by atoms with Gasteiger partial charge in [-0.3, -0.25) is 0 Å². The summed E-state index contributed by atoms with van der Waals surface area (Å²) in [5.41, 5.74) is 0. The van der Waals surface area contributed by atoms with Gasteiger partial charge in [-0.05, 0) is 38.5 Å². The van der Waals surface area contributed by atoms with Crippen molar-refractivity contribution in [2.24, 2.45) is 0 Å². The Kier molecular flexibility index (Phi) is 17.0. The minimum Gasteiger partial charge on any atom is -0.0882 e. The molecule has 0 spiro atoms. The molecular weight excluding hydrogens is 240 g/mol. The van der Waals surface area contributed by atoms with E-state index in [1.807, 2.05) is 0 Å². The summed E-state index contributed by atoms with van der Waals surface area (Å²) in [6.45, 7) is 4.49. The maximum Gasteiger partial charge on any atom is -0.0169 e. The van der Waals surface area contributed by atoms with E-state index in [1.165, 1.54) is 44.9 Å². The van der Waals surface area contributed by atoms with Crippen LogP contribution in [0.4, 0.5) is 0 Å². The monoisotopic (exact) mass is 274 g/mol. The third-order valence-electron chi connectivity index (χ3n) is 3.18. The fraction of sp³-hybridized carbons (Fsp3) is 0.600. The van der Waals surface area contributed by atoms with Crippen LogP contribution in [0.2, 0.25) is 0 Å². The smallest absolute Gasteiger partial charge is 0.0169 e. The van der Waals surface area contributed by atoms with Gasteiger partial charge in [0.1, 0.15) is 0 Å². The SMILES string of the molecule is CCCCC=CCC=CCC=CCC=CCCCCC. The van der Waals surface area contributed by atoms with Crippen molar-refractivity contribution in [3.8, 4) is 0 Å². The molecule has 0 heterocycles. The normalized spacial score (nSPS) is 12.7. The number of hydrogen-bond donors (Lipinski definition) is 0. The van der Waals surface area contributed by atoms with Crippen LogP contribution in [-0.4, -0.2) is 0 Å². The lowest BCUT2D eigenvalue weighted by molar-refractivity contribution is 0.728. The van der Waals surface area contributed by atoms with E-state index >= 15 is 0 Å². The Labute approximate surface area is 127 Å². The van der Waals surface area contributed by atoms with Gasteiger partial charge in [0.15, 0.2) is 0 Å². The van der Waals surface area contributed by atoms with E-state index in [2.05, 4.69) is 62.5 Å². The topological polar surface area (TPSA) is 0 Å². The van der Waals surface area contributed by atoms with Gasteiger partial charge in [-0.2, -0.15) is 0 Å². The van der Waals surface area contributed by atoms with E-state index in [-0.39, 0.29) is 0 Å². The van der Waals surface area contributed by atoms with Crippen molar-refractivity contribution in [3.05, 3.63) is 48.6 Å². The van der Waals surface area contributed by atoms with Crippen molar-refractivity contribution in [1.82, 2.24) is 0 Å². The summed E-state index contributed by atoms with van der Waals surface area (Å²) < 4.78 is 0. The highest BCUT2D eigenvalue weighted by molar-refractivity contribution is 4.99. The fourth-order valence-corrected chi connectivity index (χ4v) is 1.88. The molecule has 0 aromatic rings. The van der Waals surface area contributed by atoms with Crippen LogP contribution < -0.4 is 0 Å². The van der Waals surface area contributed by atoms with Crippen molar-refractivity contribution in [1.29, 1.82) is 0 Å². The maximum absolute atomic E-state index is 2.32. The van der Waals surface area contributed by atoms with E-state index in [4.69, 9.17) is 0 Å². The molecular formula is C20H34. The predicted octanol–water partition coefficient (Wildman–Crippen LogP) is 7.15. The second-order valence-corrected chi connectivity index (χ2v) is 5.23. The average molecular weight is 274 g/mol. The van der Waals surface area contributed by atoms with E-state index in [0.717, 1.165) is 19.3 Å². The molecule has 0 amide bonds. The van der Waals surface area contributed by atoms with Gasteiger partial charge in [0, 0.05) is 0 Å². The molecule has 0 aliphatic heterocycles. The zero-order chi connectivity index (χ0) is 14.7. The highest BCUT2D eigenvalue weighted by atomic mass is 13.9. The first kappa shape index (κ1) is 19.0. The molecule has 0 aromatic carbocycles. The van der Waals surface area contributed by atoms with Crippen molar-refractivity contribution < 1.29 is 0 Å². The third-order valence-corrected chi connectivity index (χ3v) is 3.18. The van der Waals surface area contributed by atoms with E-state index in [1.54, 1.807) is 0 Å². The Morgan fingerprint density at radius 2 is 0.850 bits per heavy atom. The summed E-state index contributed by atoms with van der Waals surface area (Å²) in [6, 6.07) is 0. The van der Waals surface area contributed by atoms with Crippen LogP contribution in [-0.2, 0) is 0 Å². The second kappa shape index (κ2) is 18.0. The van der Waals surface area contributed by atoms with Crippen LogP contribution in [0.3, 0.4) is 0 Å². The Morgan fingerprint density at radius 1 is 0.450 bits per heavy atom. The van der Waals surface area contributed by atoms with Gasteiger partial charge in [0.05, 0.1) is 0 Å². The molecule has 20 heavy (non-hydrogen) atoms. The zero-order valence-electron chi connectivity index (χ0n) is 13.7. The number of allylic oxidation sites excluding steroid dienone is 8. The summed E-state index contributed by atoms with van der Waals surface area (Å²) >= 11 is 0. The average Bonchev–Trinajstić information content (AvgIpc) is 2.47. The minimum absolute atomic E-state index is 1.06. The van der Waals surface area contributed by atoms with Gasteiger partial charge in [-0.1, -0.05) is 88.1 Å². The van der Waals surface area contributed by atoms with Crippen molar-refractivity contribution in [3.63, 3.8) is 0 Å². The number of rotatable bonds is 13. The number of hydrogen-bond acceptors (Lipinski definition) is 0. The summed E-state index contributed by atoms with van der Waals surface area (Å²) in [4.78, 5) is 0. The second-order valence-electron chi connectivity index (χ2n) is 5.23. The minimum atomic E-state index is 1.06. The first-order valence-corrected chi connectivity index (χ1v) is 8.51. The third kappa shape index (κ3) is 17.0. The lowest BCUT2D eigenvalue weighted by atomic mass is 10.2. The van der Waals surface area contributed by atoms with Crippen LogP contribution in [0.25, 0.3) is 0 Å². The fourth-order valence-electron chi connectivity index (χ4n) is 1.88. The highest BCUT2D eigenvalue weighted by Crippen LogP contribution is 2.01. The molecule has 0 atom stereocenters. The predicted molar refractivity (Wildman–Crippen MR) is 94.1 cm³/mol. The Morgan fingerprint density at radius 3 is 1.30 bits per heavy atom. The maximum atomic E-state index is 2.32. The molecule has 114 valence electrons. The summed E-state index contributed by atoms with van der Waals surface area (Å²) in [6.07, 6.45) is 30.5. The zero-order valence-corrected chi connectivity index (χ0v) is 13.7. The van der Waals surface area contributed by atoms with Gasteiger partial charge in [0.2, 0.25) is 0 Å². The Bertz CT molecular complexity index is 278. The lowest BCUT2D eigenvalue weighted by Crippen LogP contribution is -1.70. The molecule has 0 aliphatic carbocycles. The lowest BCUT2D eigenvalue weighted by Gasteiger charge is -1.90. The standard InChI is InChI=1S/C20H34/c1-3-5-7-9-11-13-15-17-19-20-18-16-14-12-10-8-6-4-2/h9,11-12,14-15,17-18,20H,3-8,10,13,16,19H2,1-2H3. The van der Waals surface area contributed by atoms with E-state index < -0.39 is 0 Å². The van der Waals surface area contributed by atoms with Gasteiger partial charge in [-0.25, -0.2) is 0 Å². The Hall–Kier alpha value is -1.04. The van der Waals surface area contributed by atoms with Crippen LogP contribution >= 0.6 is 0 Å². The summed E-state index contributed by atoms with van der Waals surface area (Å²) in [5, 5.41) is 0. The first-order valence-electron chi connectivity index (χ1n) is 8.51. The van der Waals surface area contributed by atoms with Crippen molar-refractivity contribution in [2.45, 2.75) is 78.1 Å². The van der Waals surface area contributed by atoms with Gasteiger partial charge < -0.3 is 0 Å².